The summed E-state index contributed by atoms with van der Waals surface area (Å²) in [7, 11) is 0. The summed E-state index contributed by atoms with van der Waals surface area (Å²) in [6.45, 7) is 4.87. The summed E-state index contributed by atoms with van der Waals surface area (Å²) in [4.78, 5) is 11.4. The zero-order valence-corrected chi connectivity index (χ0v) is 11.0. The molecular formula is C15H20O3. The highest BCUT2D eigenvalue weighted by Gasteiger charge is 2.05. The minimum absolute atomic E-state index is 0.299. The van der Waals surface area contributed by atoms with Gasteiger partial charge in [0.1, 0.15) is 12.4 Å². The zero-order valence-electron chi connectivity index (χ0n) is 11.0. The van der Waals surface area contributed by atoms with Gasteiger partial charge in [-0.15, -0.1) is 0 Å². The van der Waals surface area contributed by atoms with E-state index < -0.39 is 0 Å². The van der Waals surface area contributed by atoms with Gasteiger partial charge in [0.15, 0.2) is 0 Å². The van der Waals surface area contributed by atoms with E-state index in [1.54, 1.807) is 31.2 Å². The van der Waals surface area contributed by atoms with E-state index in [4.69, 9.17) is 9.47 Å². The summed E-state index contributed by atoms with van der Waals surface area (Å²) in [5.41, 5.74) is 0.547. The Morgan fingerprint density at radius 2 is 1.89 bits per heavy atom. The molecule has 1 aromatic carbocycles. The predicted molar refractivity (Wildman–Crippen MR) is 71.9 cm³/mol. The molecule has 0 radical (unpaired) electrons. The van der Waals surface area contributed by atoms with Gasteiger partial charge in [0.05, 0.1) is 12.2 Å². The first-order valence-electron chi connectivity index (χ1n) is 6.33. The summed E-state index contributed by atoms with van der Waals surface area (Å²) < 4.78 is 10.4. The molecule has 0 N–H and O–H groups in total. The average Bonchev–Trinajstić information content (AvgIpc) is 2.39. The maximum atomic E-state index is 11.4. The highest BCUT2D eigenvalue weighted by atomic mass is 16.5. The lowest BCUT2D eigenvalue weighted by molar-refractivity contribution is 0.0526. The van der Waals surface area contributed by atoms with E-state index in [1.807, 2.05) is 6.08 Å². The molecule has 0 unspecified atom stereocenters. The second-order valence-corrected chi connectivity index (χ2v) is 3.82. The SMILES string of the molecule is CCCC=CCOc1ccc(C(=O)OCC)cc1. The molecule has 0 aliphatic rings. The van der Waals surface area contributed by atoms with Crippen LogP contribution in [0.1, 0.15) is 37.0 Å². The van der Waals surface area contributed by atoms with Gasteiger partial charge in [-0.1, -0.05) is 25.5 Å². The molecule has 3 nitrogen and oxygen atoms in total. The predicted octanol–water partition coefficient (Wildman–Crippen LogP) is 3.60. The molecule has 0 aliphatic carbocycles. The normalized spacial score (nSPS) is 10.6. The third-order valence-corrected chi connectivity index (χ3v) is 2.33. The van der Waals surface area contributed by atoms with Crippen molar-refractivity contribution in [2.75, 3.05) is 13.2 Å². The standard InChI is InChI=1S/C15H20O3/c1-3-5-6-7-12-18-14-10-8-13(9-11-14)15(16)17-4-2/h6-11H,3-5,12H2,1-2H3. The number of hydrogen-bond donors (Lipinski definition) is 0. The van der Waals surface area contributed by atoms with Gasteiger partial charge in [0.2, 0.25) is 0 Å². The number of hydrogen-bond acceptors (Lipinski definition) is 3. The van der Waals surface area contributed by atoms with Crippen molar-refractivity contribution in [1.82, 2.24) is 0 Å². The molecule has 0 saturated carbocycles. The van der Waals surface area contributed by atoms with Crippen molar-refractivity contribution >= 4 is 5.97 Å². The molecule has 0 atom stereocenters. The Bertz CT molecular complexity index is 379. The van der Waals surface area contributed by atoms with E-state index in [0.29, 0.717) is 18.8 Å². The number of rotatable bonds is 7. The summed E-state index contributed by atoms with van der Waals surface area (Å²) in [6, 6.07) is 6.98. The summed E-state index contributed by atoms with van der Waals surface area (Å²) in [6.07, 6.45) is 6.33. The fourth-order valence-corrected chi connectivity index (χ4v) is 1.40. The van der Waals surface area contributed by atoms with Crippen LogP contribution in [0.25, 0.3) is 0 Å². The molecule has 18 heavy (non-hydrogen) atoms. The molecule has 1 rings (SSSR count). The number of esters is 1. The topological polar surface area (TPSA) is 35.5 Å². The monoisotopic (exact) mass is 248 g/mol. The van der Waals surface area contributed by atoms with Gasteiger partial charge in [0, 0.05) is 0 Å². The molecule has 0 heterocycles. The molecule has 0 bridgehead atoms. The van der Waals surface area contributed by atoms with Crippen LogP contribution in [0.4, 0.5) is 0 Å². The third-order valence-electron chi connectivity index (χ3n) is 2.33. The minimum atomic E-state index is -0.299. The average molecular weight is 248 g/mol. The van der Waals surface area contributed by atoms with Gasteiger partial charge in [0.25, 0.3) is 0 Å². The van der Waals surface area contributed by atoms with Gasteiger partial charge in [-0.3, -0.25) is 0 Å². The number of carbonyl (C=O) groups is 1. The van der Waals surface area contributed by atoms with Gasteiger partial charge in [-0.2, -0.15) is 0 Å². The van der Waals surface area contributed by atoms with Crippen LogP contribution in [-0.2, 0) is 4.74 Å². The molecule has 1 aromatic rings. The molecule has 0 aromatic heterocycles. The highest BCUT2D eigenvalue weighted by Crippen LogP contribution is 2.13. The first kappa shape index (κ1) is 14.3. The number of ether oxygens (including phenoxy) is 2. The summed E-state index contributed by atoms with van der Waals surface area (Å²) >= 11 is 0. The number of unbranched alkanes of at least 4 members (excludes halogenated alkanes) is 1. The van der Waals surface area contributed by atoms with Crippen molar-refractivity contribution in [1.29, 1.82) is 0 Å². The van der Waals surface area contributed by atoms with Gasteiger partial charge in [-0.25, -0.2) is 4.79 Å². The quantitative estimate of drug-likeness (QED) is 0.546. The van der Waals surface area contributed by atoms with Crippen molar-refractivity contribution in [3.63, 3.8) is 0 Å². The van der Waals surface area contributed by atoms with Gasteiger partial charge < -0.3 is 9.47 Å². The lowest BCUT2D eigenvalue weighted by Gasteiger charge is -2.05. The van der Waals surface area contributed by atoms with Crippen molar-refractivity contribution in [3.05, 3.63) is 42.0 Å². The summed E-state index contributed by atoms with van der Waals surface area (Å²) in [5.74, 6) is 0.455. The Hall–Kier alpha value is -1.77. The molecule has 0 spiro atoms. The summed E-state index contributed by atoms with van der Waals surface area (Å²) in [5, 5.41) is 0. The van der Waals surface area contributed by atoms with E-state index in [0.717, 1.165) is 18.6 Å². The Balaban J connectivity index is 2.43. The lowest BCUT2D eigenvalue weighted by Crippen LogP contribution is -2.04. The first-order chi connectivity index (χ1) is 8.77. The van der Waals surface area contributed by atoms with Gasteiger partial charge >= 0.3 is 5.97 Å². The number of benzene rings is 1. The van der Waals surface area contributed by atoms with E-state index in [1.165, 1.54) is 0 Å². The largest absolute Gasteiger partial charge is 0.490 e. The van der Waals surface area contributed by atoms with Crippen LogP contribution in [0.5, 0.6) is 5.75 Å². The van der Waals surface area contributed by atoms with E-state index in [9.17, 15) is 4.79 Å². The van der Waals surface area contributed by atoms with Crippen LogP contribution in [0.3, 0.4) is 0 Å². The second kappa shape index (κ2) is 8.34. The first-order valence-corrected chi connectivity index (χ1v) is 6.33. The van der Waals surface area contributed by atoms with Crippen LogP contribution >= 0.6 is 0 Å². The van der Waals surface area contributed by atoms with E-state index in [-0.39, 0.29) is 5.97 Å². The van der Waals surface area contributed by atoms with Crippen molar-refractivity contribution in [3.8, 4) is 5.75 Å². The van der Waals surface area contributed by atoms with Crippen LogP contribution in [0.2, 0.25) is 0 Å². The van der Waals surface area contributed by atoms with Crippen LogP contribution in [0.15, 0.2) is 36.4 Å². The van der Waals surface area contributed by atoms with Crippen molar-refractivity contribution < 1.29 is 14.3 Å². The lowest BCUT2D eigenvalue weighted by atomic mass is 10.2. The fourth-order valence-electron chi connectivity index (χ4n) is 1.40. The number of carbonyl (C=O) groups excluding carboxylic acids is 1. The van der Waals surface area contributed by atoms with Crippen molar-refractivity contribution in [2.24, 2.45) is 0 Å². The molecule has 0 saturated heterocycles. The second-order valence-electron chi connectivity index (χ2n) is 3.82. The smallest absolute Gasteiger partial charge is 0.338 e. The molecule has 0 fully saturated rings. The third kappa shape index (κ3) is 5.04. The maximum absolute atomic E-state index is 11.4. The highest BCUT2D eigenvalue weighted by molar-refractivity contribution is 5.89. The Labute approximate surface area is 108 Å². The van der Waals surface area contributed by atoms with Crippen LogP contribution in [0, 0.1) is 0 Å². The Morgan fingerprint density at radius 3 is 2.50 bits per heavy atom. The number of allylic oxidation sites excluding steroid dienone is 1. The minimum Gasteiger partial charge on any atom is -0.490 e. The maximum Gasteiger partial charge on any atom is 0.338 e. The van der Waals surface area contributed by atoms with Gasteiger partial charge in [-0.05, 0) is 37.6 Å². The van der Waals surface area contributed by atoms with Crippen LogP contribution < -0.4 is 4.74 Å². The molecule has 0 amide bonds. The Morgan fingerprint density at radius 1 is 1.17 bits per heavy atom. The Kier molecular flexibility index (Phi) is 6.62. The fraction of sp³-hybridized carbons (Fsp3) is 0.400. The molecule has 98 valence electrons. The van der Waals surface area contributed by atoms with Crippen molar-refractivity contribution in [2.45, 2.75) is 26.7 Å². The zero-order chi connectivity index (χ0) is 13.2. The molecular weight excluding hydrogens is 228 g/mol. The van der Waals surface area contributed by atoms with E-state index in [2.05, 4.69) is 13.0 Å². The molecule has 3 heteroatoms. The molecule has 0 aliphatic heterocycles. The van der Waals surface area contributed by atoms with Crippen LogP contribution in [-0.4, -0.2) is 19.2 Å². The van der Waals surface area contributed by atoms with E-state index >= 15 is 0 Å².